The second-order valence-corrected chi connectivity index (χ2v) is 2.71. The molecule has 0 aliphatic carbocycles. The summed E-state index contributed by atoms with van der Waals surface area (Å²) in [5.41, 5.74) is 0. The molecule has 0 radical (unpaired) electrons. The van der Waals surface area contributed by atoms with Crippen LogP contribution in [-0.4, -0.2) is 6.67 Å². The molecule has 2 N–H and O–H groups in total. The Morgan fingerprint density at radius 3 is 2.54 bits per heavy atom. The van der Waals surface area contributed by atoms with Gasteiger partial charge < -0.3 is 22.3 Å². The maximum absolute atomic E-state index is 3.30. The first-order valence-electron chi connectivity index (χ1n) is 4.06. The molecule has 2 heterocycles. The van der Waals surface area contributed by atoms with E-state index in [4.69, 9.17) is 0 Å². The Bertz CT molecular complexity index is 273. The summed E-state index contributed by atoms with van der Waals surface area (Å²) in [5, 5.41) is 6.38. The normalized spacial score (nSPS) is 20.2. The smallest absolute Gasteiger partial charge is 0.234 e. The molecule has 1 aromatic rings. The maximum atomic E-state index is 3.30. The number of hydrogen-bond donors (Lipinski definition) is 2. The first kappa shape index (κ1) is 10.2. The molecule has 1 aromatic heterocycles. The Labute approximate surface area is 88.2 Å². The standard InChI is InChI=1S/C9H12N3.BrH/c1-2-6-12(7-3-1)9-4-5-10-8-11-9;/h1-7,9-11H,8H2;1H/q+1;/p-1. The predicted molar refractivity (Wildman–Crippen MR) is 46.0 cm³/mol. The van der Waals surface area contributed by atoms with Gasteiger partial charge in [0, 0.05) is 24.4 Å². The summed E-state index contributed by atoms with van der Waals surface area (Å²) in [6.45, 7) is 0.822. The third-order valence-corrected chi connectivity index (χ3v) is 1.87. The van der Waals surface area contributed by atoms with Crippen molar-refractivity contribution in [3.05, 3.63) is 42.9 Å². The van der Waals surface area contributed by atoms with Crippen LogP contribution in [0.4, 0.5) is 0 Å². The SMILES string of the molecule is C1=CC([n+]2ccccc2)NCN1.[Br-]. The summed E-state index contributed by atoms with van der Waals surface area (Å²) in [7, 11) is 0. The molecule has 1 atom stereocenters. The van der Waals surface area contributed by atoms with Crippen molar-refractivity contribution in [2.24, 2.45) is 0 Å². The minimum atomic E-state index is 0. The highest BCUT2D eigenvalue weighted by molar-refractivity contribution is 4.89. The van der Waals surface area contributed by atoms with Crippen molar-refractivity contribution < 1.29 is 21.5 Å². The van der Waals surface area contributed by atoms with E-state index in [1.807, 2.05) is 36.8 Å². The number of aromatic nitrogens is 1. The zero-order valence-electron chi connectivity index (χ0n) is 7.15. The van der Waals surface area contributed by atoms with Gasteiger partial charge in [0.15, 0.2) is 12.4 Å². The highest BCUT2D eigenvalue weighted by Crippen LogP contribution is 1.94. The molecule has 0 saturated carbocycles. The zero-order chi connectivity index (χ0) is 8.23. The lowest BCUT2D eigenvalue weighted by Gasteiger charge is -2.14. The minimum absolute atomic E-state index is 0. The van der Waals surface area contributed by atoms with Crippen molar-refractivity contribution in [2.45, 2.75) is 6.17 Å². The van der Waals surface area contributed by atoms with Crippen LogP contribution >= 0.6 is 0 Å². The molecule has 2 rings (SSSR count). The largest absolute Gasteiger partial charge is 1.00 e. The van der Waals surface area contributed by atoms with Gasteiger partial charge in [-0.15, -0.1) is 0 Å². The second-order valence-electron chi connectivity index (χ2n) is 2.71. The van der Waals surface area contributed by atoms with E-state index in [0.29, 0.717) is 0 Å². The maximum Gasteiger partial charge on any atom is 0.234 e. The van der Waals surface area contributed by atoms with E-state index in [9.17, 15) is 0 Å². The quantitative estimate of drug-likeness (QED) is 0.519. The summed E-state index contributed by atoms with van der Waals surface area (Å²) < 4.78 is 2.12. The third kappa shape index (κ3) is 2.54. The molecule has 13 heavy (non-hydrogen) atoms. The van der Waals surface area contributed by atoms with Gasteiger partial charge in [-0.05, 0) is 0 Å². The van der Waals surface area contributed by atoms with Gasteiger partial charge >= 0.3 is 0 Å². The van der Waals surface area contributed by atoms with Crippen LogP contribution in [0.15, 0.2) is 42.9 Å². The van der Waals surface area contributed by atoms with Gasteiger partial charge in [-0.25, -0.2) is 5.32 Å². The van der Waals surface area contributed by atoms with Crippen molar-refractivity contribution in [2.75, 3.05) is 6.67 Å². The first-order valence-corrected chi connectivity index (χ1v) is 4.06. The number of nitrogens with zero attached hydrogens (tertiary/aromatic N) is 1. The first-order chi connectivity index (χ1) is 5.97. The summed E-state index contributed by atoms with van der Waals surface area (Å²) in [6.07, 6.45) is 8.44. The fourth-order valence-electron chi connectivity index (χ4n) is 1.25. The Kier molecular flexibility index (Phi) is 3.92. The lowest BCUT2D eigenvalue weighted by molar-refractivity contribution is -0.718. The van der Waals surface area contributed by atoms with Gasteiger partial charge in [0.1, 0.15) is 0 Å². The van der Waals surface area contributed by atoms with Crippen LogP contribution in [0.5, 0.6) is 0 Å². The Hall–Kier alpha value is -0.870. The Morgan fingerprint density at radius 2 is 1.92 bits per heavy atom. The van der Waals surface area contributed by atoms with Crippen LogP contribution in [0, 0.1) is 0 Å². The van der Waals surface area contributed by atoms with Crippen molar-refractivity contribution in [3.63, 3.8) is 0 Å². The van der Waals surface area contributed by atoms with Crippen molar-refractivity contribution >= 4 is 0 Å². The number of hydrogen-bond acceptors (Lipinski definition) is 2. The summed E-state index contributed by atoms with van der Waals surface area (Å²) in [4.78, 5) is 0. The highest BCUT2D eigenvalue weighted by Gasteiger charge is 2.14. The number of rotatable bonds is 1. The van der Waals surface area contributed by atoms with E-state index in [-0.39, 0.29) is 23.1 Å². The summed E-state index contributed by atoms with van der Waals surface area (Å²) in [5.74, 6) is 0. The van der Waals surface area contributed by atoms with Crippen LogP contribution in [0.25, 0.3) is 0 Å². The van der Waals surface area contributed by atoms with E-state index in [1.165, 1.54) is 0 Å². The molecule has 3 nitrogen and oxygen atoms in total. The average molecular weight is 242 g/mol. The lowest BCUT2D eigenvalue weighted by Crippen LogP contribution is -3.00. The number of nitrogens with one attached hydrogen (secondary N) is 2. The van der Waals surface area contributed by atoms with Gasteiger partial charge in [0.05, 0.1) is 6.67 Å². The van der Waals surface area contributed by atoms with E-state index >= 15 is 0 Å². The molecule has 0 fully saturated rings. The molecule has 4 heteroatoms. The van der Waals surface area contributed by atoms with Gasteiger partial charge in [-0.3, -0.25) is 0 Å². The van der Waals surface area contributed by atoms with E-state index < -0.39 is 0 Å². The van der Waals surface area contributed by atoms with E-state index in [0.717, 1.165) is 6.67 Å². The van der Waals surface area contributed by atoms with Gasteiger partial charge in [-0.1, -0.05) is 6.07 Å². The Balaban J connectivity index is 0.000000845. The molecule has 0 spiro atoms. The predicted octanol–water partition coefficient (Wildman–Crippen LogP) is -2.86. The van der Waals surface area contributed by atoms with E-state index in [1.54, 1.807) is 0 Å². The fraction of sp³-hybridized carbons (Fsp3) is 0.222. The molecule has 0 aromatic carbocycles. The van der Waals surface area contributed by atoms with Crippen molar-refractivity contribution in [1.82, 2.24) is 10.6 Å². The van der Waals surface area contributed by atoms with Gasteiger partial charge in [0.25, 0.3) is 0 Å². The molecule has 1 aliphatic heterocycles. The Morgan fingerprint density at radius 1 is 1.15 bits per heavy atom. The molecular formula is C9H12BrN3. The monoisotopic (exact) mass is 241 g/mol. The highest BCUT2D eigenvalue weighted by atomic mass is 79.9. The summed E-state index contributed by atoms with van der Waals surface area (Å²) in [6, 6.07) is 6.07. The molecule has 0 saturated heterocycles. The topological polar surface area (TPSA) is 27.9 Å². The van der Waals surface area contributed by atoms with Crippen LogP contribution in [0.1, 0.15) is 6.17 Å². The van der Waals surface area contributed by atoms with Crippen LogP contribution < -0.4 is 32.2 Å². The zero-order valence-corrected chi connectivity index (χ0v) is 8.74. The van der Waals surface area contributed by atoms with Crippen molar-refractivity contribution in [3.8, 4) is 0 Å². The minimum Gasteiger partial charge on any atom is -1.00 e. The third-order valence-electron chi connectivity index (χ3n) is 1.87. The van der Waals surface area contributed by atoms with Crippen LogP contribution in [0.3, 0.4) is 0 Å². The van der Waals surface area contributed by atoms with Crippen molar-refractivity contribution in [1.29, 1.82) is 0 Å². The van der Waals surface area contributed by atoms with Crippen LogP contribution in [0.2, 0.25) is 0 Å². The van der Waals surface area contributed by atoms with Gasteiger partial charge in [0.2, 0.25) is 6.17 Å². The molecule has 1 unspecified atom stereocenters. The number of pyridine rings is 1. The summed E-state index contributed by atoms with van der Waals surface area (Å²) >= 11 is 0. The number of halogens is 1. The van der Waals surface area contributed by atoms with Gasteiger partial charge in [-0.2, -0.15) is 4.57 Å². The molecule has 0 amide bonds. The lowest BCUT2D eigenvalue weighted by atomic mass is 10.4. The van der Waals surface area contributed by atoms with Crippen LogP contribution in [-0.2, 0) is 0 Å². The second kappa shape index (κ2) is 4.99. The molecular weight excluding hydrogens is 230 g/mol. The van der Waals surface area contributed by atoms with E-state index in [2.05, 4.69) is 21.3 Å². The fourth-order valence-corrected chi connectivity index (χ4v) is 1.25. The molecule has 0 bridgehead atoms. The molecule has 1 aliphatic rings. The molecule has 70 valence electrons. The average Bonchev–Trinajstić information content (AvgIpc) is 2.21.